The van der Waals surface area contributed by atoms with Gasteiger partial charge in [-0.25, -0.2) is 0 Å². The van der Waals surface area contributed by atoms with Crippen molar-refractivity contribution in [2.24, 2.45) is 0 Å². The first-order chi connectivity index (χ1) is 11.2. The Labute approximate surface area is 154 Å². The van der Waals surface area contributed by atoms with Crippen molar-refractivity contribution in [1.29, 1.82) is 0 Å². The van der Waals surface area contributed by atoms with Crippen LogP contribution in [0.5, 0.6) is 0 Å². The standard InChI is InChI=1S/C17H20ClNO3S2/c1-17(2,3)24(22)19-13(10-16(20)21)11-5-4-6-12(9-11)14-7-8-15(18)23-14/h4-9,13,19H,10H2,1-3H3,(H,20,21)/t13?,24-/m1/s1. The second kappa shape index (κ2) is 7.89. The van der Waals surface area contributed by atoms with Gasteiger partial charge in [-0.1, -0.05) is 29.8 Å². The van der Waals surface area contributed by atoms with Crippen molar-refractivity contribution in [3.05, 3.63) is 46.3 Å². The minimum absolute atomic E-state index is 0.142. The fraction of sp³-hybridized carbons (Fsp3) is 0.353. The van der Waals surface area contributed by atoms with Crippen LogP contribution in [0.25, 0.3) is 10.4 Å². The number of carboxylic acids is 1. The van der Waals surface area contributed by atoms with Gasteiger partial charge in [-0.3, -0.25) is 4.79 Å². The number of thiophene rings is 1. The third kappa shape index (κ3) is 5.22. The van der Waals surface area contributed by atoms with E-state index in [0.717, 1.165) is 16.0 Å². The highest BCUT2D eigenvalue weighted by Gasteiger charge is 2.30. The second-order valence-corrected chi connectivity index (χ2v) is 10.1. The van der Waals surface area contributed by atoms with Gasteiger partial charge >= 0.3 is 5.97 Å². The maximum atomic E-state index is 12.4. The van der Waals surface area contributed by atoms with Crippen molar-refractivity contribution in [3.8, 4) is 10.4 Å². The summed E-state index contributed by atoms with van der Waals surface area (Å²) >= 11 is 6.09. The molecule has 7 heteroatoms. The smallest absolute Gasteiger partial charge is 0.305 e. The highest BCUT2D eigenvalue weighted by Crippen LogP contribution is 2.33. The topological polar surface area (TPSA) is 72.4 Å². The summed E-state index contributed by atoms with van der Waals surface area (Å²) in [4.78, 5) is 12.2. The highest BCUT2D eigenvalue weighted by molar-refractivity contribution is 7.90. The molecule has 0 spiro atoms. The number of hydrogen-bond donors (Lipinski definition) is 2. The molecule has 0 saturated heterocycles. The lowest BCUT2D eigenvalue weighted by Crippen LogP contribution is -2.41. The van der Waals surface area contributed by atoms with Crippen molar-refractivity contribution in [2.45, 2.75) is 38.0 Å². The first-order valence-electron chi connectivity index (χ1n) is 7.42. The molecule has 1 unspecified atom stereocenters. The van der Waals surface area contributed by atoms with Gasteiger partial charge < -0.3 is 9.66 Å². The van der Waals surface area contributed by atoms with Crippen molar-refractivity contribution in [1.82, 2.24) is 4.72 Å². The minimum atomic E-state index is -1.36. The summed E-state index contributed by atoms with van der Waals surface area (Å²) in [6, 6.07) is 10.8. The largest absolute Gasteiger partial charge is 0.598 e. The molecule has 1 heterocycles. The van der Waals surface area contributed by atoms with Gasteiger partial charge in [0.25, 0.3) is 0 Å². The molecule has 1 aromatic heterocycles. The van der Waals surface area contributed by atoms with E-state index in [1.807, 2.05) is 57.2 Å². The maximum Gasteiger partial charge on any atom is 0.305 e. The summed E-state index contributed by atoms with van der Waals surface area (Å²) in [6.45, 7) is 5.54. The number of carbonyl (C=O) groups is 1. The molecule has 0 amide bonds. The predicted octanol–water partition coefficient (Wildman–Crippen LogP) is 4.64. The number of benzene rings is 1. The molecule has 0 radical (unpaired) electrons. The number of hydrogen-bond acceptors (Lipinski definition) is 4. The van der Waals surface area contributed by atoms with E-state index in [0.29, 0.717) is 4.34 Å². The van der Waals surface area contributed by atoms with Crippen molar-refractivity contribution in [3.63, 3.8) is 0 Å². The highest BCUT2D eigenvalue weighted by atomic mass is 35.5. The Morgan fingerprint density at radius 3 is 2.62 bits per heavy atom. The van der Waals surface area contributed by atoms with Crippen LogP contribution in [0.15, 0.2) is 36.4 Å². The van der Waals surface area contributed by atoms with E-state index in [1.165, 1.54) is 11.3 Å². The molecule has 0 aliphatic carbocycles. The van der Waals surface area contributed by atoms with Gasteiger partial charge in [0.05, 0.1) is 16.8 Å². The first-order valence-corrected chi connectivity index (χ1v) is 9.77. The summed E-state index contributed by atoms with van der Waals surface area (Å²) < 4.78 is 15.6. The van der Waals surface area contributed by atoms with Gasteiger partial charge in [0, 0.05) is 16.2 Å². The Hall–Kier alpha value is -1.05. The van der Waals surface area contributed by atoms with E-state index in [-0.39, 0.29) is 6.42 Å². The molecule has 24 heavy (non-hydrogen) atoms. The van der Waals surface area contributed by atoms with Crippen LogP contribution >= 0.6 is 22.9 Å². The Kier molecular flexibility index (Phi) is 6.33. The molecule has 2 rings (SSSR count). The second-order valence-electron chi connectivity index (χ2n) is 6.38. The van der Waals surface area contributed by atoms with Crippen LogP contribution in [0.4, 0.5) is 0 Å². The number of aliphatic carboxylic acids is 1. The van der Waals surface area contributed by atoms with Crippen LogP contribution < -0.4 is 4.72 Å². The summed E-state index contributed by atoms with van der Waals surface area (Å²) in [6.07, 6.45) is -0.142. The van der Waals surface area contributed by atoms with Crippen molar-refractivity contribution < 1.29 is 14.5 Å². The lowest BCUT2D eigenvalue weighted by atomic mass is 10.0. The Morgan fingerprint density at radius 2 is 2.08 bits per heavy atom. The van der Waals surface area contributed by atoms with Crippen molar-refractivity contribution in [2.75, 3.05) is 0 Å². The summed E-state index contributed by atoms with van der Waals surface area (Å²) in [5, 5.41) is 9.20. The van der Waals surface area contributed by atoms with E-state index in [9.17, 15) is 14.5 Å². The maximum absolute atomic E-state index is 12.4. The lowest BCUT2D eigenvalue weighted by molar-refractivity contribution is -0.137. The molecule has 0 fully saturated rings. The number of nitrogens with one attached hydrogen (secondary N) is 1. The van der Waals surface area contributed by atoms with E-state index in [1.54, 1.807) is 0 Å². The molecule has 130 valence electrons. The summed E-state index contributed by atoms with van der Waals surface area (Å²) in [5.74, 6) is -0.942. The number of rotatable bonds is 6. The SMILES string of the molecule is CC(C)(C)[S@@+]([O-])NC(CC(=O)O)c1cccc(-c2ccc(Cl)s2)c1. The Balaban J connectivity index is 2.30. The normalized spacial score (nSPS) is 14.4. The van der Waals surface area contributed by atoms with Gasteiger partial charge in [-0.2, -0.15) is 0 Å². The number of halogens is 1. The molecule has 0 bridgehead atoms. The van der Waals surface area contributed by atoms with Gasteiger partial charge in [0.1, 0.15) is 4.75 Å². The zero-order valence-corrected chi connectivity index (χ0v) is 16.1. The van der Waals surface area contributed by atoms with Crippen molar-refractivity contribution >= 4 is 40.3 Å². The van der Waals surface area contributed by atoms with Crippen LogP contribution in [-0.2, 0) is 16.2 Å². The monoisotopic (exact) mass is 385 g/mol. The quantitative estimate of drug-likeness (QED) is 0.710. The minimum Gasteiger partial charge on any atom is -0.598 e. The average molecular weight is 386 g/mol. The number of carboxylic acid groups (broad SMARTS) is 1. The van der Waals surface area contributed by atoms with Crippen LogP contribution in [0, 0.1) is 0 Å². The molecule has 2 atom stereocenters. The van der Waals surface area contributed by atoms with Gasteiger partial charge in [0.15, 0.2) is 0 Å². The average Bonchev–Trinajstić information content (AvgIpc) is 2.92. The fourth-order valence-corrected chi connectivity index (χ4v) is 3.96. The molecule has 2 N–H and O–H groups in total. The van der Waals surface area contributed by atoms with Gasteiger partial charge in [0.2, 0.25) is 0 Å². The molecule has 2 aromatic rings. The zero-order chi connectivity index (χ0) is 17.9. The van der Waals surface area contributed by atoms with Crippen LogP contribution in [-0.4, -0.2) is 20.4 Å². The predicted molar refractivity (Wildman–Crippen MR) is 101 cm³/mol. The van der Waals surface area contributed by atoms with Gasteiger partial charge in [-0.15, -0.1) is 16.1 Å². The molecule has 0 saturated carbocycles. The van der Waals surface area contributed by atoms with E-state index >= 15 is 0 Å². The fourth-order valence-electron chi connectivity index (χ4n) is 2.09. The summed E-state index contributed by atoms with van der Waals surface area (Å²) in [5.41, 5.74) is 1.75. The molecule has 0 aliphatic rings. The van der Waals surface area contributed by atoms with Gasteiger partial charge in [-0.05, 0) is 50.1 Å². The third-order valence-electron chi connectivity index (χ3n) is 3.33. The van der Waals surface area contributed by atoms with E-state index in [2.05, 4.69) is 4.72 Å². The van der Waals surface area contributed by atoms with Crippen LogP contribution in [0.2, 0.25) is 4.34 Å². The first kappa shape index (κ1) is 19.3. The molecule has 0 aliphatic heterocycles. The van der Waals surface area contributed by atoms with Crippen LogP contribution in [0.1, 0.15) is 38.8 Å². The third-order valence-corrected chi connectivity index (χ3v) is 6.22. The molecular weight excluding hydrogens is 366 g/mol. The van der Waals surface area contributed by atoms with E-state index in [4.69, 9.17) is 11.6 Å². The molecule has 1 aromatic carbocycles. The van der Waals surface area contributed by atoms with Crippen LogP contribution in [0.3, 0.4) is 0 Å². The zero-order valence-electron chi connectivity index (χ0n) is 13.7. The van der Waals surface area contributed by atoms with E-state index < -0.39 is 28.1 Å². The lowest BCUT2D eigenvalue weighted by Gasteiger charge is -2.27. The summed E-state index contributed by atoms with van der Waals surface area (Å²) in [7, 11) is 0. The Morgan fingerprint density at radius 1 is 1.38 bits per heavy atom. The molecular formula is C17H20ClNO3S2. The molecule has 4 nitrogen and oxygen atoms in total. The Bertz CT molecular complexity index is 712.